The number of ether oxygens (including phenoxy) is 3. The molecule has 0 aromatic heterocycles. The number of amides is 5. The molecule has 0 N–H and O–H groups in total. The highest BCUT2D eigenvalue weighted by Gasteiger charge is 2.35. The Hall–Kier alpha value is -4.17. The van der Waals surface area contributed by atoms with Crippen LogP contribution in [0, 0.1) is 0 Å². The molecule has 5 amide bonds. The third-order valence-corrected chi connectivity index (χ3v) is 6.09. The lowest BCUT2D eigenvalue weighted by molar-refractivity contribution is -0.343. The van der Waals surface area contributed by atoms with Crippen LogP contribution in [0.3, 0.4) is 0 Å². The van der Waals surface area contributed by atoms with Crippen molar-refractivity contribution in [3.63, 3.8) is 0 Å². The van der Waals surface area contributed by atoms with E-state index in [9.17, 15) is 24.0 Å². The van der Waals surface area contributed by atoms with Gasteiger partial charge in [-0.25, -0.2) is 14.5 Å². The van der Waals surface area contributed by atoms with Crippen LogP contribution in [0.25, 0.3) is 0 Å². The van der Waals surface area contributed by atoms with Crippen LogP contribution in [-0.2, 0) is 23.9 Å². The second-order valence-corrected chi connectivity index (χ2v) is 10.2. The number of carbonyl (C=O) groups excluding carboxylic acids is 5. The summed E-state index contributed by atoms with van der Waals surface area (Å²) in [5.74, 6) is -1.48. The molecule has 0 aliphatic carbocycles. The third-order valence-electron chi connectivity index (χ3n) is 6.09. The van der Waals surface area contributed by atoms with E-state index in [-0.39, 0.29) is 76.4 Å². The summed E-state index contributed by atoms with van der Waals surface area (Å²) in [6, 6.07) is 13.2. The molecule has 0 unspecified atom stereocenters. The zero-order chi connectivity index (χ0) is 30.3. The monoisotopic (exact) mass is 583 g/mol. The van der Waals surface area contributed by atoms with Crippen LogP contribution < -0.4 is 0 Å². The summed E-state index contributed by atoms with van der Waals surface area (Å²) in [4.78, 5) is 75.2. The minimum Gasteiger partial charge on any atom is -0.441 e. The maximum absolute atomic E-state index is 12.5. The minimum absolute atomic E-state index is 0.0304. The van der Waals surface area contributed by atoms with Crippen LogP contribution in [0.1, 0.15) is 62.2 Å². The average Bonchev–Trinajstić information content (AvgIpc) is 3.34. The minimum atomic E-state index is -0.889. The number of carbonyl (C=O) groups is 5. The normalized spacial score (nSPS) is 14.5. The molecular formula is C29H33N3O10. The van der Waals surface area contributed by atoms with Gasteiger partial charge < -0.3 is 14.2 Å². The van der Waals surface area contributed by atoms with Crippen LogP contribution in [0.15, 0.2) is 48.5 Å². The van der Waals surface area contributed by atoms with E-state index in [0.717, 1.165) is 9.80 Å². The standard InChI is InChI=1S/C29H33N3O10/c1-29(2,3)42-28(37)32(40-18-16-38-14-12-30-24(33)20-8-4-5-9-21(20)25(30)34)41-19-17-39-15-13-31-26(35)22-10-6-7-11-23(22)27(31)36/h4-11H,12-19H2,1-3H3. The van der Waals surface area contributed by atoms with Gasteiger partial charge in [0.2, 0.25) is 0 Å². The second kappa shape index (κ2) is 13.7. The van der Waals surface area contributed by atoms with Crippen molar-refractivity contribution in [3.05, 3.63) is 70.8 Å². The quantitative estimate of drug-likeness (QED) is 0.185. The summed E-state index contributed by atoms with van der Waals surface area (Å²) < 4.78 is 16.3. The molecule has 0 bridgehead atoms. The van der Waals surface area contributed by atoms with Gasteiger partial charge in [0.1, 0.15) is 18.8 Å². The first-order valence-electron chi connectivity index (χ1n) is 13.4. The molecule has 2 aliphatic heterocycles. The van der Waals surface area contributed by atoms with Gasteiger partial charge in [0.05, 0.1) is 61.8 Å². The maximum atomic E-state index is 12.5. The van der Waals surface area contributed by atoms with E-state index in [1.165, 1.54) is 0 Å². The molecular weight excluding hydrogens is 550 g/mol. The van der Waals surface area contributed by atoms with Crippen molar-refractivity contribution in [1.29, 1.82) is 0 Å². The number of benzene rings is 2. The summed E-state index contributed by atoms with van der Waals surface area (Å²) >= 11 is 0. The lowest BCUT2D eigenvalue weighted by Gasteiger charge is -2.25. The van der Waals surface area contributed by atoms with Gasteiger partial charge in [-0.1, -0.05) is 24.3 Å². The first kappa shape index (κ1) is 30.8. The van der Waals surface area contributed by atoms with E-state index in [1.54, 1.807) is 69.3 Å². The Morgan fingerprint density at radius 3 is 1.31 bits per heavy atom. The first-order chi connectivity index (χ1) is 20.1. The number of rotatable bonds is 14. The first-order valence-corrected chi connectivity index (χ1v) is 13.4. The van der Waals surface area contributed by atoms with E-state index >= 15 is 0 Å². The van der Waals surface area contributed by atoms with Crippen molar-refractivity contribution < 1.29 is 47.9 Å². The fraction of sp³-hybridized carbons (Fsp3) is 0.414. The van der Waals surface area contributed by atoms with Crippen LogP contribution in [0.5, 0.6) is 0 Å². The molecule has 0 saturated heterocycles. The fourth-order valence-corrected chi connectivity index (χ4v) is 4.20. The maximum Gasteiger partial charge on any atom is 0.460 e. The molecule has 2 aliphatic rings. The Morgan fingerprint density at radius 1 is 0.619 bits per heavy atom. The van der Waals surface area contributed by atoms with E-state index in [2.05, 4.69) is 0 Å². The van der Waals surface area contributed by atoms with Crippen molar-refractivity contribution in [2.45, 2.75) is 26.4 Å². The van der Waals surface area contributed by atoms with E-state index in [1.807, 2.05) is 0 Å². The number of hydrogen-bond acceptors (Lipinski definition) is 10. The molecule has 0 atom stereocenters. The summed E-state index contributed by atoms with van der Waals surface area (Å²) in [5, 5.41) is 0.590. The Morgan fingerprint density at radius 2 is 0.976 bits per heavy atom. The molecule has 0 radical (unpaired) electrons. The largest absolute Gasteiger partial charge is 0.460 e. The van der Waals surface area contributed by atoms with Crippen LogP contribution in [-0.4, -0.2) is 103 Å². The molecule has 13 heteroatoms. The molecule has 4 rings (SSSR count). The number of imide groups is 2. The van der Waals surface area contributed by atoms with E-state index in [0.29, 0.717) is 27.5 Å². The van der Waals surface area contributed by atoms with Gasteiger partial charge in [-0.05, 0) is 50.3 Å². The van der Waals surface area contributed by atoms with Crippen molar-refractivity contribution in [2.24, 2.45) is 0 Å². The van der Waals surface area contributed by atoms with Crippen molar-refractivity contribution in [2.75, 3.05) is 52.7 Å². The molecule has 42 heavy (non-hydrogen) atoms. The summed E-state index contributed by atoms with van der Waals surface area (Å²) in [6.07, 6.45) is -0.889. The van der Waals surface area contributed by atoms with Crippen molar-refractivity contribution >= 4 is 29.7 Å². The fourth-order valence-electron chi connectivity index (χ4n) is 4.20. The highest BCUT2D eigenvalue weighted by molar-refractivity contribution is 6.22. The van der Waals surface area contributed by atoms with Crippen molar-refractivity contribution in [3.8, 4) is 0 Å². The van der Waals surface area contributed by atoms with Gasteiger partial charge >= 0.3 is 6.09 Å². The number of hydroxylamine groups is 2. The Labute approximate surface area is 242 Å². The number of fused-ring (bicyclic) bond motifs is 2. The topological polar surface area (TPSA) is 141 Å². The zero-order valence-electron chi connectivity index (χ0n) is 23.7. The Balaban J connectivity index is 1.15. The number of hydrogen-bond donors (Lipinski definition) is 0. The summed E-state index contributed by atoms with van der Waals surface area (Å²) in [7, 11) is 0. The van der Waals surface area contributed by atoms with E-state index < -0.39 is 11.7 Å². The van der Waals surface area contributed by atoms with Gasteiger partial charge in [-0.3, -0.25) is 29.0 Å². The molecule has 13 nitrogen and oxygen atoms in total. The second-order valence-electron chi connectivity index (χ2n) is 10.2. The Bertz CT molecular complexity index is 1180. The summed E-state index contributed by atoms with van der Waals surface area (Å²) in [6.45, 7) is 5.21. The molecule has 0 saturated carbocycles. The van der Waals surface area contributed by atoms with Gasteiger partial charge in [0, 0.05) is 0 Å². The predicted octanol–water partition coefficient (Wildman–Crippen LogP) is 2.71. The van der Waals surface area contributed by atoms with Gasteiger partial charge in [0.25, 0.3) is 23.6 Å². The SMILES string of the molecule is CC(C)(C)OC(=O)N(OCCOCCN1C(=O)c2ccccc2C1=O)OCCOCCN1C(=O)c2ccccc2C1=O. The highest BCUT2D eigenvalue weighted by atomic mass is 17.0. The molecule has 2 aromatic rings. The lowest BCUT2D eigenvalue weighted by Crippen LogP contribution is -2.38. The number of nitrogens with zero attached hydrogens (tertiary/aromatic N) is 3. The van der Waals surface area contributed by atoms with Crippen LogP contribution in [0.2, 0.25) is 0 Å². The Kier molecular flexibility index (Phi) is 10.0. The third kappa shape index (κ3) is 7.36. The van der Waals surface area contributed by atoms with Crippen LogP contribution >= 0.6 is 0 Å². The average molecular weight is 584 g/mol. The van der Waals surface area contributed by atoms with Crippen molar-refractivity contribution in [1.82, 2.24) is 15.0 Å². The van der Waals surface area contributed by atoms with Crippen LogP contribution in [0.4, 0.5) is 4.79 Å². The predicted molar refractivity (Wildman–Crippen MR) is 145 cm³/mol. The molecule has 224 valence electrons. The van der Waals surface area contributed by atoms with E-state index in [4.69, 9.17) is 23.9 Å². The zero-order valence-corrected chi connectivity index (χ0v) is 23.7. The molecule has 0 fully saturated rings. The molecule has 2 heterocycles. The molecule has 0 spiro atoms. The molecule has 2 aromatic carbocycles. The smallest absolute Gasteiger partial charge is 0.441 e. The highest BCUT2D eigenvalue weighted by Crippen LogP contribution is 2.23. The van der Waals surface area contributed by atoms with Gasteiger partial charge in [-0.2, -0.15) is 0 Å². The van der Waals surface area contributed by atoms with Gasteiger partial charge in [-0.15, -0.1) is 0 Å². The van der Waals surface area contributed by atoms with Gasteiger partial charge in [0.15, 0.2) is 0 Å². The lowest BCUT2D eigenvalue weighted by atomic mass is 10.1. The summed E-state index contributed by atoms with van der Waals surface area (Å²) in [5.41, 5.74) is 0.646.